The molecule has 2 saturated heterocycles. The number of piperazine rings is 1. The standard InChI is InChI=1S/C26H38N6O2/c1-20(2)15-27-24-23(25(33)28-16-21-7-4-3-5-8-21)17-29-26(30-24)32-12-10-31(11-13-32)18-22-9-6-14-34-19-22/h3-5,7-8,17,20,22H,6,9-16,18-19H2,1-2H3,(H,28,33)(H,27,29,30). The lowest BCUT2D eigenvalue weighted by Crippen LogP contribution is -2.49. The van der Waals surface area contributed by atoms with Crippen LogP contribution in [0.4, 0.5) is 11.8 Å². The zero-order valence-corrected chi connectivity index (χ0v) is 20.5. The SMILES string of the molecule is CC(C)CNc1nc(N2CCN(CC3CCCOC3)CC2)ncc1C(=O)NCc1ccccc1. The Kier molecular flexibility index (Phi) is 8.71. The number of anilines is 2. The normalized spacial score (nSPS) is 19.3. The van der Waals surface area contributed by atoms with Crippen LogP contribution < -0.4 is 15.5 Å². The summed E-state index contributed by atoms with van der Waals surface area (Å²) in [6, 6.07) is 9.91. The molecule has 2 N–H and O–H groups in total. The first-order chi connectivity index (χ1) is 16.6. The van der Waals surface area contributed by atoms with E-state index in [2.05, 4.69) is 39.3 Å². The van der Waals surface area contributed by atoms with Crippen molar-refractivity contribution >= 4 is 17.7 Å². The monoisotopic (exact) mass is 466 g/mol. The molecule has 1 atom stereocenters. The average molecular weight is 467 g/mol. The fourth-order valence-corrected chi connectivity index (χ4v) is 4.45. The number of nitrogens with one attached hydrogen (secondary N) is 2. The van der Waals surface area contributed by atoms with E-state index in [1.807, 2.05) is 30.3 Å². The van der Waals surface area contributed by atoms with E-state index in [1.54, 1.807) is 6.20 Å². The summed E-state index contributed by atoms with van der Waals surface area (Å²) in [5, 5.41) is 6.37. The molecule has 2 aromatic rings. The topological polar surface area (TPSA) is 82.6 Å². The molecule has 2 aliphatic heterocycles. The molecule has 1 aromatic heterocycles. The number of carbonyl (C=O) groups excluding carboxylic acids is 1. The molecular formula is C26H38N6O2. The molecule has 1 amide bonds. The number of nitrogens with zero attached hydrogens (tertiary/aromatic N) is 4. The lowest BCUT2D eigenvalue weighted by atomic mass is 10.0. The van der Waals surface area contributed by atoms with Crippen molar-refractivity contribution in [1.29, 1.82) is 0 Å². The smallest absolute Gasteiger partial charge is 0.256 e. The predicted molar refractivity (Wildman–Crippen MR) is 135 cm³/mol. The van der Waals surface area contributed by atoms with E-state index in [1.165, 1.54) is 12.8 Å². The number of hydrogen-bond acceptors (Lipinski definition) is 7. The van der Waals surface area contributed by atoms with Crippen LogP contribution in [0.1, 0.15) is 42.6 Å². The van der Waals surface area contributed by atoms with Gasteiger partial charge in [-0.05, 0) is 30.2 Å². The first-order valence-electron chi connectivity index (χ1n) is 12.6. The summed E-state index contributed by atoms with van der Waals surface area (Å²) in [5.41, 5.74) is 1.54. The summed E-state index contributed by atoms with van der Waals surface area (Å²) >= 11 is 0. The van der Waals surface area contributed by atoms with Crippen molar-refractivity contribution in [1.82, 2.24) is 20.2 Å². The van der Waals surface area contributed by atoms with E-state index in [0.717, 1.165) is 58.0 Å². The van der Waals surface area contributed by atoms with Gasteiger partial charge in [0.25, 0.3) is 5.91 Å². The molecule has 34 heavy (non-hydrogen) atoms. The van der Waals surface area contributed by atoms with Gasteiger partial charge in [0.1, 0.15) is 11.4 Å². The molecule has 0 radical (unpaired) electrons. The Morgan fingerprint density at radius 1 is 1.18 bits per heavy atom. The fraction of sp³-hybridized carbons (Fsp3) is 0.577. The Hall–Kier alpha value is -2.71. The van der Waals surface area contributed by atoms with E-state index >= 15 is 0 Å². The molecule has 0 aliphatic carbocycles. The second kappa shape index (κ2) is 12.1. The first-order valence-corrected chi connectivity index (χ1v) is 12.6. The van der Waals surface area contributed by atoms with Crippen molar-refractivity contribution in [2.45, 2.75) is 33.2 Å². The Labute approximate surface area is 203 Å². The molecule has 184 valence electrons. The highest BCUT2D eigenvalue weighted by molar-refractivity contribution is 5.98. The van der Waals surface area contributed by atoms with Crippen LogP contribution in [0, 0.1) is 11.8 Å². The van der Waals surface area contributed by atoms with Crippen molar-refractivity contribution in [3.8, 4) is 0 Å². The summed E-state index contributed by atoms with van der Waals surface area (Å²) < 4.78 is 5.64. The first kappa shape index (κ1) is 24.4. The van der Waals surface area contributed by atoms with Crippen LogP contribution in [-0.4, -0.2) is 73.3 Å². The molecule has 2 fully saturated rings. The molecule has 8 nitrogen and oxygen atoms in total. The summed E-state index contributed by atoms with van der Waals surface area (Å²) in [6.45, 7) is 12.2. The van der Waals surface area contributed by atoms with Gasteiger partial charge >= 0.3 is 0 Å². The van der Waals surface area contributed by atoms with Crippen LogP contribution in [0.3, 0.4) is 0 Å². The van der Waals surface area contributed by atoms with Gasteiger partial charge in [0.2, 0.25) is 5.95 Å². The van der Waals surface area contributed by atoms with E-state index in [4.69, 9.17) is 9.72 Å². The third-order valence-corrected chi connectivity index (χ3v) is 6.42. The molecule has 0 bridgehead atoms. The Morgan fingerprint density at radius 3 is 2.68 bits per heavy atom. The van der Waals surface area contributed by atoms with Gasteiger partial charge in [-0.2, -0.15) is 4.98 Å². The number of rotatable bonds is 9. The molecule has 1 unspecified atom stereocenters. The van der Waals surface area contributed by atoms with Gasteiger partial charge in [0.15, 0.2) is 0 Å². The maximum atomic E-state index is 12.9. The minimum atomic E-state index is -0.166. The van der Waals surface area contributed by atoms with Gasteiger partial charge in [-0.15, -0.1) is 0 Å². The highest BCUT2D eigenvalue weighted by Crippen LogP contribution is 2.20. The maximum Gasteiger partial charge on any atom is 0.256 e. The van der Waals surface area contributed by atoms with E-state index < -0.39 is 0 Å². The van der Waals surface area contributed by atoms with Crippen LogP contribution in [0.25, 0.3) is 0 Å². The zero-order chi connectivity index (χ0) is 23.8. The van der Waals surface area contributed by atoms with Crippen LogP contribution in [0.2, 0.25) is 0 Å². The van der Waals surface area contributed by atoms with Gasteiger partial charge < -0.3 is 20.3 Å². The van der Waals surface area contributed by atoms with Gasteiger partial charge in [0, 0.05) is 58.6 Å². The lowest BCUT2D eigenvalue weighted by Gasteiger charge is -2.37. The summed E-state index contributed by atoms with van der Waals surface area (Å²) in [6.07, 6.45) is 4.11. The third-order valence-electron chi connectivity index (χ3n) is 6.42. The molecule has 2 aliphatic rings. The maximum absolute atomic E-state index is 12.9. The van der Waals surface area contributed by atoms with Gasteiger partial charge in [-0.1, -0.05) is 44.2 Å². The second-order valence-corrected chi connectivity index (χ2v) is 9.75. The Bertz CT molecular complexity index is 909. The number of hydrogen-bond donors (Lipinski definition) is 2. The average Bonchev–Trinajstić information content (AvgIpc) is 2.87. The van der Waals surface area contributed by atoms with Crippen molar-refractivity contribution in [3.05, 3.63) is 47.7 Å². The van der Waals surface area contributed by atoms with E-state index in [9.17, 15) is 4.79 Å². The fourth-order valence-electron chi connectivity index (χ4n) is 4.45. The van der Waals surface area contributed by atoms with Crippen molar-refractivity contribution in [2.75, 3.05) is 62.7 Å². The second-order valence-electron chi connectivity index (χ2n) is 9.75. The van der Waals surface area contributed by atoms with Crippen LogP contribution >= 0.6 is 0 Å². The van der Waals surface area contributed by atoms with Gasteiger partial charge in [-0.25, -0.2) is 4.98 Å². The molecule has 8 heteroatoms. The quantitative estimate of drug-likeness (QED) is 0.588. The minimum Gasteiger partial charge on any atom is -0.381 e. The van der Waals surface area contributed by atoms with Crippen molar-refractivity contribution < 1.29 is 9.53 Å². The Morgan fingerprint density at radius 2 is 1.97 bits per heavy atom. The summed E-state index contributed by atoms with van der Waals surface area (Å²) in [7, 11) is 0. The highest BCUT2D eigenvalue weighted by atomic mass is 16.5. The minimum absolute atomic E-state index is 0.166. The third kappa shape index (κ3) is 6.90. The van der Waals surface area contributed by atoms with Gasteiger partial charge in [0.05, 0.1) is 6.61 Å². The van der Waals surface area contributed by atoms with Crippen LogP contribution in [0.5, 0.6) is 0 Å². The zero-order valence-electron chi connectivity index (χ0n) is 20.5. The van der Waals surface area contributed by atoms with Crippen molar-refractivity contribution in [3.63, 3.8) is 0 Å². The van der Waals surface area contributed by atoms with Crippen molar-refractivity contribution in [2.24, 2.45) is 11.8 Å². The van der Waals surface area contributed by atoms with E-state index in [0.29, 0.717) is 35.7 Å². The highest BCUT2D eigenvalue weighted by Gasteiger charge is 2.24. The number of carbonyl (C=O) groups is 1. The summed E-state index contributed by atoms with van der Waals surface area (Å²) in [4.78, 5) is 27.1. The number of amides is 1. The molecular weight excluding hydrogens is 428 g/mol. The van der Waals surface area contributed by atoms with Crippen LogP contribution in [0.15, 0.2) is 36.5 Å². The van der Waals surface area contributed by atoms with E-state index in [-0.39, 0.29) is 5.91 Å². The van der Waals surface area contributed by atoms with Gasteiger partial charge in [-0.3, -0.25) is 9.69 Å². The lowest BCUT2D eigenvalue weighted by molar-refractivity contribution is 0.0376. The molecule has 0 saturated carbocycles. The molecule has 4 rings (SSSR count). The molecule has 0 spiro atoms. The number of benzene rings is 1. The summed E-state index contributed by atoms with van der Waals surface area (Å²) in [5.74, 6) is 2.21. The molecule has 1 aromatic carbocycles. The molecule has 3 heterocycles. The predicted octanol–water partition coefficient (Wildman–Crippen LogP) is 3.02. The Balaban J connectivity index is 1.38. The van der Waals surface area contributed by atoms with Crippen LogP contribution in [-0.2, 0) is 11.3 Å². The number of ether oxygens (including phenoxy) is 1. The largest absolute Gasteiger partial charge is 0.381 e. The number of aromatic nitrogens is 2.